The Morgan fingerprint density at radius 2 is 2.25 bits per heavy atom. The predicted molar refractivity (Wildman–Crippen MR) is 84.7 cm³/mol. The minimum Gasteiger partial charge on any atom is -0.465 e. The molecule has 1 heterocycles. The fourth-order valence-electron chi connectivity index (χ4n) is 1.86. The van der Waals surface area contributed by atoms with E-state index in [4.69, 9.17) is 4.74 Å². The summed E-state index contributed by atoms with van der Waals surface area (Å²) in [7, 11) is 0. The highest BCUT2D eigenvalue weighted by Gasteiger charge is 2.21. The standard InChI is InChI=1S/C15H16BrNO2S/c1-2-19-15(18)14(11-5-3-6-12(16)9-11)17-10-13-7-4-8-20-13/h3-9,14,17H,2,10H2,1H3. The van der Waals surface area contributed by atoms with E-state index in [1.54, 1.807) is 11.3 Å². The molecule has 3 nitrogen and oxygen atoms in total. The summed E-state index contributed by atoms with van der Waals surface area (Å²) < 4.78 is 6.10. The summed E-state index contributed by atoms with van der Waals surface area (Å²) in [5.74, 6) is -0.248. The van der Waals surface area contributed by atoms with Gasteiger partial charge in [-0.1, -0.05) is 34.1 Å². The van der Waals surface area contributed by atoms with E-state index in [0.717, 1.165) is 10.0 Å². The molecule has 0 aliphatic heterocycles. The van der Waals surface area contributed by atoms with Gasteiger partial charge in [0, 0.05) is 15.9 Å². The summed E-state index contributed by atoms with van der Waals surface area (Å²) >= 11 is 5.09. The lowest BCUT2D eigenvalue weighted by Gasteiger charge is -2.17. The highest BCUT2D eigenvalue weighted by molar-refractivity contribution is 9.10. The van der Waals surface area contributed by atoms with Crippen molar-refractivity contribution in [2.24, 2.45) is 0 Å². The molecule has 0 saturated carbocycles. The largest absolute Gasteiger partial charge is 0.465 e. The van der Waals surface area contributed by atoms with Gasteiger partial charge in [-0.25, -0.2) is 4.79 Å². The van der Waals surface area contributed by atoms with Crippen molar-refractivity contribution in [1.29, 1.82) is 0 Å². The molecule has 1 unspecified atom stereocenters. The number of rotatable bonds is 6. The van der Waals surface area contributed by atoms with Crippen molar-refractivity contribution in [2.45, 2.75) is 19.5 Å². The van der Waals surface area contributed by atoms with Crippen LogP contribution in [0.5, 0.6) is 0 Å². The highest BCUT2D eigenvalue weighted by Crippen LogP contribution is 2.20. The Morgan fingerprint density at radius 3 is 2.90 bits per heavy atom. The average Bonchev–Trinajstić information content (AvgIpc) is 2.92. The van der Waals surface area contributed by atoms with Gasteiger partial charge in [-0.15, -0.1) is 11.3 Å². The van der Waals surface area contributed by atoms with Gasteiger partial charge in [-0.2, -0.15) is 0 Å². The highest BCUT2D eigenvalue weighted by atomic mass is 79.9. The number of nitrogens with one attached hydrogen (secondary N) is 1. The minimum atomic E-state index is -0.449. The van der Waals surface area contributed by atoms with Gasteiger partial charge in [-0.05, 0) is 36.1 Å². The number of carbonyl (C=O) groups is 1. The second-order valence-electron chi connectivity index (χ2n) is 4.20. The van der Waals surface area contributed by atoms with Crippen LogP contribution in [0.1, 0.15) is 23.4 Å². The van der Waals surface area contributed by atoms with E-state index in [2.05, 4.69) is 21.2 Å². The van der Waals surface area contributed by atoms with E-state index in [0.29, 0.717) is 13.2 Å². The molecule has 2 aromatic rings. The molecule has 0 aliphatic rings. The average molecular weight is 354 g/mol. The lowest BCUT2D eigenvalue weighted by Crippen LogP contribution is -2.29. The van der Waals surface area contributed by atoms with Crippen LogP contribution in [0.2, 0.25) is 0 Å². The van der Waals surface area contributed by atoms with E-state index >= 15 is 0 Å². The van der Waals surface area contributed by atoms with Crippen molar-refractivity contribution in [3.63, 3.8) is 0 Å². The monoisotopic (exact) mass is 353 g/mol. The Bertz CT molecular complexity index is 557. The molecule has 0 spiro atoms. The maximum atomic E-state index is 12.1. The fraction of sp³-hybridized carbons (Fsp3) is 0.267. The van der Waals surface area contributed by atoms with Gasteiger partial charge in [0.25, 0.3) is 0 Å². The zero-order valence-corrected chi connectivity index (χ0v) is 13.5. The summed E-state index contributed by atoms with van der Waals surface area (Å²) in [4.78, 5) is 13.3. The van der Waals surface area contributed by atoms with E-state index in [1.165, 1.54) is 4.88 Å². The van der Waals surface area contributed by atoms with E-state index < -0.39 is 6.04 Å². The smallest absolute Gasteiger partial charge is 0.327 e. The van der Waals surface area contributed by atoms with Gasteiger partial charge in [-0.3, -0.25) is 5.32 Å². The zero-order chi connectivity index (χ0) is 14.4. The van der Waals surface area contributed by atoms with Crippen molar-refractivity contribution in [2.75, 3.05) is 6.61 Å². The van der Waals surface area contributed by atoms with Gasteiger partial charge in [0.1, 0.15) is 6.04 Å². The first kappa shape index (κ1) is 15.2. The molecule has 106 valence electrons. The van der Waals surface area contributed by atoms with Crippen LogP contribution in [0, 0.1) is 0 Å². The molecule has 20 heavy (non-hydrogen) atoms. The summed E-state index contributed by atoms with van der Waals surface area (Å²) in [6, 6.07) is 11.3. The molecule has 0 aliphatic carbocycles. The maximum absolute atomic E-state index is 12.1. The first-order valence-electron chi connectivity index (χ1n) is 6.38. The first-order chi connectivity index (χ1) is 9.70. The molecule has 1 atom stereocenters. The van der Waals surface area contributed by atoms with Crippen LogP contribution in [0.4, 0.5) is 0 Å². The van der Waals surface area contributed by atoms with Crippen LogP contribution in [0.25, 0.3) is 0 Å². The minimum absolute atomic E-state index is 0.248. The topological polar surface area (TPSA) is 38.3 Å². The van der Waals surface area contributed by atoms with Crippen molar-refractivity contribution in [1.82, 2.24) is 5.32 Å². The van der Waals surface area contributed by atoms with Gasteiger partial charge in [0.05, 0.1) is 6.61 Å². The SMILES string of the molecule is CCOC(=O)C(NCc1cccs1)c1cccc(Br)c1. The first-order valence-corrected chi connectivity index (χ1v) is 8.06. The molecule has 0 fully saturated rings. The summed E-state index contributed by atoms with van der Waals surface area (Å²) in [5.41, 5.74) is 0.898. The molecule has 0 bridgehead atoms. The third-order valence-corrected chi connectivity index (χ3v) is 4.13. The molecule has 1 N–H and O–H groups in total. The van der Waals surface area contributed by atoms with Gasteiger partial charge < -0.3 is 4.74 Å². The molecule has 1 aromatic heterocycles. The number of hydrogen-bond acceptors (Lipinski definition) is 4. The van der Waals surface area contributed by atoms with E-state index in [9.17, 15) is 4.79 Å². The molecule has 0 amide bonds. The quantitative estimate of drug-likeness (QED) is 0.800. The number of carbonyl (C=O) groups excluding carboxylic acids is 1. The Kier molecular flexibility index (Phi) is 5.76. The molecular formula is C15H16BrNO2S. The molecule has 0 radical (unpaired) electrons. The normalized spacial score (nSPS) is 12.1. The number of hydrogen-bond donors (Lipinski definition) is 1. The van der Waals surface area contributed by atoms with Crippen molar-refractivity contribution in [3.8, 4) is 0 Å². The lowest BCUT2D eigenvalue weighted by molar-refractivity contribution is -0.145. The summed E-state index contributed by atoms with van der Waals surface area (Å²) in [6.07, 6.45) is 0. The summed E-state index contributed by atoms with van der Waals surface area (Å²) in [6.45, 7) is 2.84. The van der Waals surface area contributed by atoms with Gasteiger partial charge in [0.2, 0.25) is 0 Å². The second-order valence-corrected chi connectivity index (χ2v) is 6.15. The third-order valence-electron chi connectivity index (χ3n) is 2.76. The molecular weight excluding hydrogens is 338 g/mol. The number of esters is 1. The lowest BCUT2D eigenvalue weighted by atomic mass is 10.1. The van der Waals surface area contributed by atoms with Crippen molar-refractivity contribution in [3.05, 3.63) is 56.7 Å². The van der Waals surface area contributed by atoms with Crippen molar-refractivity contribution < 1.29 is 9.53 Å². The van der Waals surface area contributed by atoms with Crippen molar-refractivity contribution >= 4 is 33.2 Å². The number of benzene rings is 1. The molecule has 1 aromatic carbocycles. The van der Waals surface area contributed by atoms with Crippen LogP contribution in [0.3, 0.4) is 0 Å². The molecule has 5 heteroatoms. The maximum Gasteiger partial charge on any atom is 0.327 e. The zero-order valence-electron chi connectivity index (χ0n) is 11.1. The van der Waals surface area contributed by atoms with Crippen LogP contribution in [-0.2, 0) is 16.1 Å². The van der Waals surface area contributed by atoms with E-state index in [1.807, 2.05) is 48.7 Å². The Hall–Kier alpha value is -1.17. The van der Waals surface area contributed by atoms with Gasteiger partial charge >= 0.3 is 5.97 Å². The van der Waals surface area contributed by atoms with E-state index in [-0.39, 0.29) is 5.97 Å². The Morgan fingerprint density at radius 1 is 1.40 bits per heavy atom. The van der Waals surface area contributed by atoms with Gasteiger partial charge in [0.15, 0.2) is 0 Å². The Balaban J connectivity index is 2.13. The number of halogens is 1. The molecule has 2 rings (SSSR count). The van der Waals surface area contributed by atoms with Crippen LogP contribution in [-0.4, -0.2) is 12.6 Å². The third kappa shape index (κ3) is 4.16. The molecule has 0 saturated heterocycles. The van der Waals surface area contributed by atoms with Crippen LogP contribution in [0.15, 0.2) is 46.3 Å². The van der Waals surface area contributed by atoms with Crippen LogP contribution < -0.4 is 5.32 Å². The number of thiophene rings is 1. The predicted octanol–water partition coefficient (Wildman–Crippen LogP) is 3.90. The summed E-state index contributed by atoms with van der Waals surface area (Å²) in [5, 5.41) is 5.29. The Labute approximate surface area is 131 Å². The van der Waals surface area contributed by atoms with Crippen LogP contribution >= 0.6 is 27.3 Å². The number of ether oxygens (including phenoxy) is 1. The fourth-order valence-corrected chi connectivity index (χ4v) is 2.94. The second kappa shape index (κ2) is 7.57.